The quantitative estimate of drug-likeness (QED) is 0.526. The maximum Gasteiger partial charge on any atom is 0.415 e. The van der Waals surface area contributed by atoms with Gasteiger partial charge in [0.2, 0.25) is 5.91 Å². The average Bonchev–Trinajstić information content (AvgIpc) is 3.43. The average molecular weight is 524 g/mol. The number of nitrogens with two attached hydrogens (primary N) is 1. The topological polar surface area (TPSA) is 128 Å². The molecule has 0 aromatic heterocycles. The lowest BCUT2D eigenvalue weighted by Crippen LogP contribution is -2.45. The molecular formula is C28H33N3O7. The third-order valence-electron chi connectivity index (χ3n) is 6.31. The minimum absolute atomic E-state index is 0.0375. The van der Waals surface area contributed by atoms with E-state index in [4.69, 9.17) is 19.9 Å². The summed E-state index contributed by atoms with van der Waals surface area (Å²) in [7, 11) is 0. The molecule has 0 saturated carbocycles. The van der Waals surface area contributed by atoms with Crippen molar-refractivity contribution in [3.63, 3.8) is 0 Å². The Labute approximate surface area is 221 Å². The SMILES string of the molecule is CC(C)(C)OC(=O)CC[C@@H](C(N)=O)N1Cc2cc(O[C@H]3CCN(C(=O)Oc4ccccc4)C3)ccc2C1=O. The van der Waals surface area contributed by atoms with Crippen molar-refractivity contribution in [2.45, 2.75) is 64.3 Å². The van der Waals surface area contributed by atoms with E-state index >= 15 is 0 Å². The second-order valence-corrected chi connectivity index (χ2v) is 10.5. The van der Waals surface area contributed by atoms with Crippen LogP contribution in [0.4, 0.5) is 4.79 Å². The van der Waals surface area contributed by atoms with Gasteiger partial charge in [0, 0.05) is 31.5 Å². The van der Waals surface area contributed by atoms with Gasteiger partial charge in [-0.05, 0) is 63.1 Å². The van der Waals surface area contributed by atoms with E-state index in [1.165, 1.54) is 4.90 Å². The molecule has 0 bridgehead atoms. The van der Waals surface area contributed by atoms with Gasteiger partial charge >= 0.3 is 12.1 Å². The fourth-order valence-electron chi connectivity index (χ4n) is 4.58. The first-order valence-electron chi connectivity index (χ1n) is 12.6. The molecule has 38 heavy (non-hydrogen) atoms. The summed E-state index contributed by atoms with van der Waals surface area (Å²) in [5, 5.41) is 0. The molecular weight excluding hydrogens is 490 g/mol. The zero-order chi connectivity index (χ0) is 27.4. The van der Waals surface area contributed by atoms with Crippen LogP contribution in [0.15, 0.2) is 48.5 Å². The highest BCUT2D eigenvalue weighted by molar-refractivity contribution is 6.01. The number of hydrogen-bond acceptors (Lipinski definition) is 7. The van der Waals surface area contributed by atoms with Gasteiger partial charge in [-0.3, -0.25) is 14.4 Å². The number of hydrogen-bond donors (Lipinski definition) is 1. The van der Waals surface area contributed by atoms with Crippen LogP contribution in [0.25, 0.3) is 0 Å². The summed E-state index contributed by atoms with van der Waals surface area (Å²) in [6.45, 7) is 6.34. The second-order valence-electron chi connectivity index (χ2n) is 10.5. The van der Waals surface area contributed by atoms with Crippen LogP contribution in [-0.2, 0) is 20.9 Å². The number of amides is 3. The van der Waals surface area contributed by atoms with Crippen LogP contribution in [0, 0.1) is 0 Å². The van der Waals surface area contributed by atoms with Gasteiger partial charge in [-0.2, -0.15) is 0 Å². The number of carbonyl (C=O) groups excluding carboxylic acids is 4. The van der Waals surface area contributed by atoms with Gasteiger partial charge in [-0.1, -0.05) is 18.2 Å². The molecule has 2 atom stereocenters. The number of esters is 1. The van der Waals surface area contributed by atoms with Crippen molar-refractivity contribution in [1.82, 2.24) is 9.80 Å². The van der Waals surface area contributed by atoms with Gasteiger partial charge in [0.25, 0.3) is 5.91 Å². The summed E-state index contributed by atoms with van der Waals surface area (Å²) in [6, 6.07) is 13.1. The summed E-state index contributed by atoms with van der Waals surface area (Å²) in [5.74, 6) is -0.419. The van der Waals surface area contributed by atoms with Crippen molar-refractivity contribution in [3.05, 3.63) is 59.7 Å². The molecule has 2 N–H and O–H groups in total. The van der Waals surface area contributed by atoms with Gasteiger partial charge in [-0.25, -0.2) is 4.79 Å². The third-order valence-corrected chi connectivity index (χ3v) is 6.31. The third kappa shape index (κ3) is 6.62. The Morgan fingerprint density at radius 2 is 1.82 bits per heavy atom. The number of nitrogens with zero attached hydrogens (tertiary/aromatic N) is 2. The maximum absolute atomic E-state index is 13.0. The van der Waals surface area contributed by atoms with E-state index in [1.54, 1.807) is 68.1 Å². The summed E-state index contributed by atoms with van der Waals surface area (Å²) in [4.78, 5) is 52.8. The Hall–Kier alpha value is -4.08. The molecule has 10 nitrogen and oxygen atoms in total. The van der Waals surface area contributed by atoms with Gasteiger partial charge < -0.3 is 29.7 Å². The number of ether oxygens (including phenoxy) is 3. The van der Waals surface area contributed by atoms with E-state index < -0.39 is 29.6 Å². The Kier molecular flexibility index (Phi) is 7.89. The van der Waals surface area contributed by atoms with E-state index in [2.05, 4.69) is 0 Å². The molecule has 0 aliphatic carbocycles. The molecule has 4 rings (SSSR count). The molecule has 202 valence electrons. The Bertz CT molecular complexity index is 1210. The lowest BCUT2D eigenvalue weighted by molar-refractivity contribution is -0.155. The zero-order valence-electron chi connectivity index (χ0n) is 21.8. The molecule has 1 fully saturated rings. The highest BCUT2D eigenvalue weighted by Crippen LogP contribution is 2.30. The number of benzene rings is 2. The number of fused-ring (bicyclic) bond motifs is 1. The lowest BCUT2D eigenvalue weighted by atomic mass is 10.1. The van der Waals surface area contributed by atoms with Crippen molar-refractivity contribution < 1.29 is 33.4 Å². The van der Waals surface area contributed by atoms with Crippen molar-refractivity contribution in [3.8, 4) is 11.5 Å². The molecule has 0 radical (unpaired) electrons. The standard InChI is InChI=1S/C28H33N3O7/c1-28(2,3)38-24(32)12-11-23(25(29)33)31-16-18-15-20(9-10-22(18)26(31)34)36-21-13-14-30(17-21)27(35)37-19-7-5-4-6-8-19/h4-10,15,21,23H,11-14,16-17H2,1-3H3,(H2,29,33)/t21-,23-/m0/s1. The number of carbonyl (C=O) groups is 4. The molecule has 0 unspecified atom stereocenters. The Balaban J connectivity index is 1.35. The summed E-state index contributed by atoms with van der Waals surface area (Å²) >= 11 is 0. The predicted octanol–water partition coefficient (Wildman–Crippen LogP) is 3.27. The number of para-hydroxylation sites is 1. The Morgan fingerprint density at radius 3 is 2.50 bits per heavy atom. The first kappa shape index (κ1) is 27.0. The summed E-state index contributed by atoms with van der Waals surface area (Å²) < 4.78 is 16.8. The van der Waals surface area contributed by atoms with Crippen molar-refractivity contribution >= 4 is 23.9 Å². The summed E-state index contributed by atoms with van der Waals surface area (Å²) in [6.07, 6.45) is 0.0211. The van der Waals surface area contributed by atoms with E-state index in [-0.39, 0.29) is 31.4 Å². The van der Waals surface area contributed by atoms with Gasteiger partial charge in [-0.15, -0.1) is 0 Å². The fraction of sp³-hybridized carbons (Fsp3) is 0.429. The van der Waals surface area contributed by atoms with Crippen molar-refractivity contribution in [1.29, 1.82) is 0 Å². The van der Waals surface area contributed by atoms with E-state index in [1.807, 2.05) is 6.07 Å². The van der Waals surface area contributed by atoms with Crippen LogP contribution in [-0.4, -0.2) is 64.5 Å². The highest BCUT2D eigenvalue weighted by Gasteiger charge is 2.36. The molecule has 3 amide bonds. The monoisotopic (exact) mass is 523 g/mol. The minimum atomic E-state index is -0.939. The zero-order valence-corrected chi connectivity index (χ0v) is 21.8. The van der Waals surface area contributed by atoms with Crippen LogP contribution >= 0.6 is 0 Å². The minimum Gasteiger partial charge on any atom is -0.489 e. The molecule has 2 aromatic carbocycles. The Morgan fingerprint density at radius 1 is 1.08 bits per heavy atom. The largest absolute Gasteiger partial charge is 0.489 e. The molecule has 2 aliphatic rings. The van der Waals surface area contributed by atoms with E-state index in [0.29, 0.717) is 42.1 Å². The highest BCUT2D eigenvalue weighted by atomic mass is 16.6. The van der Waals surface area contributed by atoms with Crippen molar-refractivity contribution in [2.24, 2.45) is 5.73 Å². The molecule has 0 spiro atoms. The van der Waals surface area contributed by atoms with E-state index in [0.717, 1.165) is 0 Å². The second kappa shape index (κ2) is 11.1. The number of rotatable bonds is 8. The first-order chi connectivity index (χ1) is 18.0. The van der Waals surface area contributed by atoms with Gasteiger partial charge in [0.05, 0.1) is 6.54 Å². The lowest BCUT2D eigenvalue weighted by Gasteiger charge is -2.25. The normalized spacial score (nSPS) is 17.7. The number of primary amides is 1. The fourth-order valence-corrected chi connectivity index (χ4v) is 4.58. The molecule has 1 saturated heterocycles. The van der Waals surface area contributed by atoms with E-state index in [9.17, 15) is 19.2 Å². The van der Waals surface area contributed by atoms with Crippen LogP contribution < -0.4 is 15.2 Å². The molecule has 2 aliphatic heterocycles. The number of likely N-dealkylation sites (tertiary alicyclic amines) is 1. The summed E-state index contributed by atoms with van der Waals surface area (Å²) in [5.41, 5.74) is 6.12. The van der Waals surface area contributed by atoms with Gasteiger partial charge in [0.15, 0.2) is 0 Å². The molecule has 2 aromatic rings. The van der Waals surface area contributed by atoms with Crippen LogP contribution in [0.2, 0.25) is 0 Å². The van der Waals surface area contributed by atoms with Crippen LogP contribution in [0.1, 0.15) is 56.0 Å². The predicted molar refractivity (Wildman–Crippen MR) is 137 cm³/mol. The molecule has 2 heterocycles. The van der Waals surface area contributed by atoms with Crippen LogP contribution in [0.3, 0.4) is 0 Å². The van der Waals surface area contributed by atoms with Crippen molar-refractivity contribution in [2.75, 3.05) is 13.1 Å². The molecule has 10 heteroatoms. The van der Waals surface area contributed by atoms with Crippen LogP contribution in [0.5, 0.6) is 11.5 Å². The maximum atomic E-state index is 13.0. The van der Waals surface area contributed by atoms with Gasteiger partial charge in [0.1, 0.15) is 29.2 Å². The first-order valence-corrected chi connectivity index (χ1v) is 12.6. The smallest absolute Gasteiger partial charge is 0.415 e.